The molecule has 5 rings (SSSR count). The van der Waals surface area contributed by atoms with Crippen molar-refractivity contribution < 1.29 is 0 Å². The maximum Gasteiger partial charge on any atom is 0.262 e. The first-order chi connectivity index (χ1) is 16.1. The molecule has 1 aliphatic carbocycles. The Balaban J connectivity index is 1.66. The molecular weight excluding hydrogens is 406 g/mol. The zero-order valence-corrected chi connectivity index (χ0v) is 19.4. The second-order valence-corrected chi connectivity index (χ2v) is 9.16. The largest absolute Gasteiger partial charge is 0.372 e. The molecule has 0 saturated heterocycles. The first kappa shape index (κ1) is 21.4. The van der Waals surface area contributed by atoms with Crippen molar-refractivity contribution in [2.24, 2.45) is 0 Å². The highest BCUT2D eigenvalue weighted by Crippen LogP contribution is 2.30. The lowest BCUT2D eigenvalue weighted by molar-refractivity contribution is 0.427. The Kier molecular flexibility index (Phi) is 5.99. The summed E-state index contributed by atoms with van der Waals surface area (Å²) in [6.45, 7) is 1.93. The predicted octanol–water partition coefficient (Wildman–Crippen LogP) is 6.11. The van der Waals surface area contributed by atoms with Crippen molar-refractivity contribution >= 4 is 16.6 Å². The highest BCUT2D eigenvalue weighted by molar-refractivity contribution is 5.82. The number of aromatic nitrogens is 2. The molecule has 0 N–H and O–H groups in total. The summed E-state index contributed by atoms with van der Waals surface area (Å²) in [4.78, 5) is 21.2. The summed E-state index contributed by atoms with van der Waals surface area (Å²) in [5, 5.41) is 0.678. The molecule has 33 heavy (non-hydrogen) atoms. The third-order valence-corrected chi connectivity index (χ3v) is 7.08. The summed E-state index contributed by atoms with van der Waals surface area (Å²) >= 11 is 0. The minimum atomic E-state index is -0.225. The van der Waals surface area contributed by atoms with E-state index >= 15 is 0 Å². The van der Waals surface area contributed by atoms with Crippen molar-refractivity contribution in [1.82, 2.24) is 9.55 Å². The number of rotatable bonds is 5. The number of anilines is 1. The maximum absolute atomic E-state index is 14.0. The van der Waals surface area contributed by atoms with Crippen molar-refractivity contribution in [3.05, 3.63) is 106 Å². The van der Waals surface area contributed by atoms with Gasteiger partial charge in [0.15, 0.2) is 0 Å². The van der Waals surface area contributed by atoms with Crippen LogP contribution in [0.15, 0.2) is 83.7 Å². The summed E-state index contributed by atoms with van der Waals surface area (Å²) in [5.41, 5.74) is 4.01. The molecule has 0 aliphatic heterocycles. The maximum atomic E-state index is 14.0. The molecular formula is C29H31N3O. The summed E-state index contributed by atoms with van der Waals surface area (Å²) in [5.74, 6) is 0.721. The normalized spacial score (nSPS) is 14.6. The minimum absolute atomic E-state index is 0.00843. The third kappa shape index (κ3) is 4.18. The first-order valence-corrected chi connectivity index (χ1v) is 12.0. The van der Waals surface area contributed by atoms with E-state index in [2.05, 4.69) is 42.3 Å². The zero-order chi connectivity index (χ0) is 22.8. The molecule has 1 heterocycles. The summed E-state index contributed by atoms with van der Waals surface area (Å²) in [6, 6.07) is 26.9. The van der Waals surface area contributed by atoms with Crippen molar-refractivity contribution in [3.8, 4) is 0 Å². The molecule has 1 fully saturated rings. The molecule has 1 aliphatic rings. The van der Waals surface area contributed by atoms with Crippen LogP contribution in [0.3, 0.4) is 0 Å². The lowest BCUT2D eigenvalue weighted by atomic mass is 9.94. The van der Waals surface area contributed by atoms with Gasteiger partial charge in [-0.1, -0.05) is 79.9 Å². The summed E-state index contributed by atoms with van der Waals surface area (Å²) in [6.07, 6.45) is 6.33. The Morgan fingerprint density at radius 1 is 0.879 bits per heavy atom. The summed E-state index contributed by atoms with van der Waals surface area (Å²) < 4.78 is 1.86. The van der Waals surface area contributed by atoms with Crippen molar-refractivity contribution in [3.63, 3.8) is 0 Å². The van der Waals surface area contributed by atoms with Crippen LogP contribution in [0.25, 0.3) is 10.9 Å². The SMILES string of the molecule is Cc1nc2ccc(N(C)C3CCCCC3)cc2c(=O)n1C(c1ccccc1)c1ccccc1. The molecule has 0 bridgehead atoms. The van der Waals surface area contributed by atoms with Crippen molar-refractivity contribution in [2.45, 2.75) is 51.1 Å². The van der Waals surface area contributed by atoms with Gasteiger partial charge in [0, 0.05) is 18.8 Å². The van der Waals surface area contributed by atoms with Gasteiger partial charge in [-0.2, -0.15) is 0 Å². The molecule has 168 valence electrons. The molecule has 0 atom stereocenters. The highest BCUT2D eigenvalue weighted by atomic mass is 16.1. The third-order valence-electron chi connectivity index (χ3n) is 7.08. The van der Waals surface area contributed by atoms with Crippen LogP contribution < -0.4 is 10.5 Å². The number of benzene rings is 3. The van der Waals surface area contributed by atoms with Gasteiger partial charge in [0.2, 0.25) is 0 Å². The monoisotopic (exact) mass is 437 g/mol. The molecule has 0 spiro atoms. The van der Waals surface area contributed by atoms with Gasteiger partial charge >= 0.3 is 0 Å². The Labute approximate surface area is 195 Å². The quantitative estimate of drug-likeness (QED) is 0.378. The van der Waals surface area contributed by atoms with Crippen LogP contribution in [0.5, 0.6) is 0 Å². The molecule has 3 aromatic carbocycles. The minimum Gasteiger partial charge on any atom is -0.372 e. The molecule has 4 heteroatoms. The van der Waals surface area contributed by atoms with Gasteiger partial charge in [0.25, 0.3) is 5.56 Å². The topological polar surface area (TPSA) is 38.1 Å². The molecule has 0 amide bonds. The van der Waals surface area contributed by atoms with E-state index in [9.17, 15) is 4.79 Å². The van der Waals surface area contributed by atoms with E-state index in [1.54, 1.807) is 0 Å². The van der Waals surface area contributed by atoms with Crippen molar-refractivity contribution in [2.75, 3.05) is 11.9 Å². The molecule has 1 saturated carbocycles. The van der Waals surface area contributed by atoms with Crippen LogP contribution in [0.2, 0.25) is 0 Å². The van der Waals surface area contributed by atoms with Crippen molar-refractivity contribution in [1.29, 1.82) is 0 Å². The van der Waals surface area contributed by atoms with Crippen LogP contribution in [-0.4, -0.2) is 22.6 Å². The van der Waals surface area contributed by atoms with Crippen LogP contribution in [0.1, 0.15) is 55.1 Å². The Hall–Kier alpha value is -3.40. The van der Waals surface area contributed by atoms with Crippen LogP contribution in [0, 0.1) is 6.92 Å². The average molecular weight is 438 g/mol. The van der Waals surface area contributed by atoms with E-state index in [1.165, 1.54) is 32.1 Å². The number of hydrogen-bond donors (Lipinski definition) is 0. The fourth-order valence-electron chi connectivity index (χ4n) is 5.26. The second kappa shape index (κ2) is 9.22. The molecule has 0 radical (unpaired) electrons. The van der Waals surface area contributed by atoms with Gasteiger partial charge in [-0.15, -0.1) is 0 Å². The van der Waals surface area contributed by atoms with Gasteiger partial charge < -0.3 is 4.90 Å². The Morgan fingerprint density at radius 2 is 1.48 bits per heavy atom. The van der Waals surface area contributed by atoms with E-state index in [4.69, 9.17) is 4.98 Å². The number of aryl methyl sites for hydroxylation is 1. The molecule has 1 aromatic heterocycles. The number of fused-ring (bicyclic) bond motifs is 1. The van der Waals surface area contributed by atoms with Gasteiger partial charge in [-0.05, 0) is 49.1 Å². The molecule has 0 unspecified atom stereocenters. The van der Waals surface area contributed by atoms with Gasteiger partial charge in [-0.3, -0.25) is 9.36 Å². The zero-order valence-electron chi connectivity index (χ0n) is 19.4. The lowest BCUT2D eigenvalue weighted by Gasteiger charge is -2.33. The highest BCUT2D eigenvalue weighted by Gasteiger charge is 2.23. The lowest BCUT2D eigenvalue weighted by Crippen LogP contribution is -2.33. The van der Waals surface area contributed by atoms with Crippen LogP contribution >= 0.6 is 0 Å². The standard InChI is InChI=1S/C29H31N3O/c1-21-30-27-19-18-25(31(2)24-16-10-5-11-17-24)20-26(27)29(33)32(21)28(22-12-6-3-7-13-22)23-14-8-4-9-15-23/h3-4,6-9,12-15,18-20,24,28H,5,10-11,16-17H2,1-2H3. The smallest absolute Gasteiger partial charge is 0.262 e. The van der Waals surface area contributed by atoms with Crippen LogP contribution in [-0.2, 0) is 0 Å². The van der Waals surface area contributed by atoms with E-state index < -0.39 is 0 Å². The average Bonchev–Trinajstić information content (AvgIpc) is 2.87. The Morgan fingerprint density at radius 3 is 2.09 bits per heavy atom. The van der Waals surface area contributed by atoms with E-state index in [-0.39, 0.29) is 11.6 Å². The fraction of sp³-hybridized carbons (Fsp3) is 0.310. The molecule has 4 aromatic rings. The second-order valence-electron chi connectivity index (χ2n) is 9.16. The molecule has 4 nitrogen and oxygen atoms in total. The van der Waals surface area contributed by atoms with Gasteiger partial charge in [0.1, 0.15) is 5.82 Å². The van der Waals surface area contributed by atoms with E-state index in [0.717, 1.165) is 28.2 Å². The van der Waals surface area contributed by atoms with E-state index in [0.29, 0.717) is 11.4 Å². The number of nitrogens with zero attached hydrogens (tertiary/aromatic N) is 3. The number of hydrogen-bond acceptors (Lipinski definition) is 3. The van der Waals surface area contributed by atoms with Gasteiger partial charge in [0.05, 0.1) is 16.9 Å². The van der Waals surface area contributed by atoms with Crippen LogP contribution in [0.4, 0.5) is 5.69 Å². The fourth-order valence-corrected chi connectivity index (χ4v) is 5.26. The predicted molar refractivity (Wildman–Crippen MR) is 136 cm³/mol. The van der Waals surface area contributed by atoms with E-state index in [1.807, 2.05) is 60.0 Å². The first-order valence-electron chi connectivity index (χ1n) is 12.0. The summed E-state index contributed by atoms with van der Waals surface area (Å²) in [7, 11) is 2.16. The van der Waals surface area contributed by atoms with Gasteiger partial charge in [-0.25, -0.2) is 4.98 Å². The Bertz CT molecular complexity index is 1250.